The zero-order chi connectivity index (χ0) is 19.6. The zero-order valence-electron chi connectivity index (χ0n) is 13.9. The van der Waals surface area contributed by atoms with Crippen LogP contribution in [0.1, 0.15) is 5.56 Å². The van der Waals surface area contributed by atoms with E-state index in [1.54, 1.807) is 18.2 Å². The van der Waals surface area contributed by atoms with Gasteiger partial charge in [-0.1, -0.05) is 18.2 Å². The Morgan fingerprint density at radius 2 is 1.81 bits per heavy atom. The van der Waals surface area contributed by atoms with Crippen molar-refractivity contribution in [3.8, 4) is 34.2 Å². The van der Waals surface area contributed by atoms with Gasteiger partial charge in [-0.15, -0.1) is 0 Å². The van der Waals surface area contributed by atoms with Gasteiger partial charge in [0.05, 0.1) is 31.0 Å². The van der Waals surface area contributed by atoms with E-state index in [0.717, 1.165) is 0 Å². The van der Waals surface area contributed by atoms with Gasteiger partial charge in [-0.3, -0.25) is 0 Å². The third kappa shape index (κ3) is 3.60. The lowest BCUT2D eigenvalue weighted by atomic mass is 9.95. The molecular weight excluding hydrogens is 463 g/mol. The zero-order valence-corrected chi connectivity index (χ0v) is 16.1. The number of nitrogens with zero attached hydrogens (tertiary/aromatic N) is 3. The van der Waals surface area contributed by atoms with E-state index in [2.05, 4.69) is 15.9 Å². The number of benzene rings is 2. The maximum atomic E-state index is 14.2. The number of aromatic nitrogens is 1. The van der Waals surface area contributed by atoms with Gasteiger partial charge in [0.15, 0.2) is 11.6 Å². The lowest BCUT2D eigenvalue weighted by molar-refractivity contribution is 0.386. The number of pyridine rings is 1. The summed E-state index contributed by atoms with van der Waals surface area (Å²) >= 11 is 1.96. The van der Waals surface area contributed by atoms with Crippen LogP contribution in [0.3, 0.4) is 0 Å². The molecule has 1 aromatic heterocycles. The maximum absolute atomic E-state index is 14.2. The fraction of sp³-hybridized carbons (Fsp3) is 0.0500. The fourth-order valence-electron chi connectivity index (χ4n) is 2.67. The summed E-state index contributed by atoms with van der Waals surface area (Å²) in [6.45, 7) is 6.97. The van der Waals surface area contributed by atoms with Gasteiger partial charge in [0.1, 0.15) is 9.52 Å². The van der Waals surface area contributed by atoms with Crippen LogP contribution in [0.15, 0.2) is 42.5 Å². The molecule has 0 aliphatic carbocycles. The van der Waals surface area contributed by atoms with Gasteiger partial charge in [-0.25, -0.2) is 18.6 Å². The number of nitriles is 1. The normalized spacial score (nSPS) is 10.1. The Kier molecular flexibility index (Phi) is 5.33. The highest BCUT2D eigenvalue weighted by atomic mass is 127. The van der Waals surface area contributed by atoms with E-state index >= 15 is 0 Å². The molecule has 0 spiro atoms. The first-order valence-electron chi connectivity index (χ1n) is 7.60. The van der Waals surface area contributed by atoms with Gasteiger partial charge in [-0.2, -0.15) is 5.26 Å². The van der Waals surface area contributed by atoms with Crippen molar-refractivity contribution in [3.63, 3.8) is 0 Å². The van der Waals surface area contributed by atoms with Crippen LogP contribution >= 0.6 is 22.6 Å². The molecule has 0 aliphatic rings. The van der Waals surface area contributed by atoms with Crippen LogP contribution in [-0.4, -0.2) is 12.1 Å². The Hall–Kier alpha value is -3.04. The predicted octanol–water partition coefficient (Wildman–Crippen LogP) is 5.73. The fourth-order valence-corrected chi connectivity index (χ4v) is 3.22. The van der Waals surface area contributed by atoms with E-state index < -0.39 is 11.6 Å². The molecule has 0 amide bonds. The van der Waals surface area contributed by atoms with Crippen LogP contribution in [0.4, 0.5) is 14.5 Å². The Morgan fingerprint density at radius 3 is 2.41 bits per heavy atom. The summed E-state index contributed by atoms with van der Waals surface area (Å²) < 4.78 is 33.8. The molecule has 0 unspecified atom stereocenters. The van der Waals surface area contributed by atoms with Crippen LogP contribution in [0, 0.1) is 33.2 Å². The molecule has 0 fully saturated rings. The molecule has 0 saturated heterocycles. The van der Waals surface area contributed by atoms with Crippen LogP contribution in [-0.2, 0) is 0 Å². The van der Waals surface area contributed by atoms with Crippen molar-refractivity contribution in [1.82, 2.24) is 4.98 Å². The summed E-state index contributed by atoms with van der Waals surface area (Å²) in [6.07, 6.45) is 0. The van der Waals surface area contributed by atoms with Gasteiger partial charge < -0.3 is 4.74 Å². The predicted molar refractivity (Wildman–Crippen MR) is 105 cm³/mol. The summed E-state index contributed by atoms with van der Waals surface area (Å²) in [7, 11) is 1.36. The van der Waals surface area contributed by atoms with Gasteiger partial charge >= 0.3 is 0 Å². The van der Waals surface area contributed by atoms with Crippen molar-refractivity contribution in [2.45, 2.75) is 0 Å². The largest absolute Gasteiger partial charge is 0.494 e. The molecule has 7 heteroatoms. The monoisotopic (exact) mass is 473 g/mol. The number of halogens is 3. The quantitative estimate of drug-likeness (QED) is 0.278. The van der Waals surface area contributed by atoms with Crippen LogP contribution in [0.5, 0.6) is 5.75 Å². The van der Waals surface area contributed by atoms with E-state index in [4.69, 9.17) is 11.3 Å². The summed E-state index contributed by atoms with van der Waals surface area (Å²) in [5, 5.41) is 9.57. The minimum atomic E-state index is -0.687. The molecule has 3 rings (SSSR count). The van der Waals surface area contributed by atoms with E-state index in [0.29, 0.717) is 26.1 Å². The molecule has 0 saturated carbocycles. The van der Waals surface area contributed by atoms with E-state index in [-0.39, 0.29) is 17.0 Å². The second kappa shape index (κ2) is 7.68. The highest BCUT2D eigenvalue weighted by Crippen LogP contribution is 2.37. The van der Waals surface area contributed by atoms with Gasteiger partial charge in [0.2, 0.25) is 5.69 Å². The molecule has 3 aromatic rings. The molecule has 0 radical (unpaired) electrons. The summed E-state index contributed by atoms with van der Waals surface area (Å²) in [4.78, 5) is 7.54. The number of hydrogen-bond acceptors (Lipinski definition) is 3. The lowest BCUT2D eigenvalue weighted by Gasteiger charge is -2.13. The molecule has 4 nitrogen and oxygen atoms in total. The first-order chi connectivity index (χ1) is 13.0. The lowest BCUT2D eigenvalue weighted by Crippen LogP contribution is -1.98. The number of rotatable bonds is 3. The molecular formula is C20H10F2IN3O. The average Bonchev–Trinajstić information content (AvgIpc) is 2.67. The Bertz CT molecular complexity index is 1130. The van der Waals surface area contributed by atoms with Crippen LogP contribution in [0.2, 0.25) is 0 Å². The topological polar surface area (TPSA) is 50.3 Å². The maximum Gasteiger partial charge on any atom is 0.222 e. The molecule has 0 aliphatic heterocycles. The SMILES string of the molecule is [C-]#[N+]c1ccc(-c2nc(I)cc(C#N)c2-c2ccc(OC)c(F)c2)cc1F. The van der Waals surface area contributed by atoms with E-state index in [1.807, 2.05) is 22.6 Å². The molecule has 2 aromatic carbocycles. The minimum absolute atomic E-state index is 0.0738. The Morgan fingerprint density at radius 1 is 1.11 bits per heavy atom. The highest BCUT2D eigenvalue weighted by molar-refractivity contribution is 14.1. The summed E-state index contributed by atoms with van der Waals surface area (Å²) in [5.41, 5.74) is 1.69. The Balaban J connectivity index is 2.31. The number of ether oxygens (including phenoxy) is 1. The molecule has 27 heavy (non-hydrogen) atoms. The first-order valence-corrected chi connectivity index (χ1v) is 8.68. The smallest absolute Gasteiger partial charge is 0.222 e. The third-order valence-corrected chi connectivity index (χ3v) is 4.44. The number of methoxy groups -OCH3 is 1. The van der Waals surface area contributed by atoms with Gasteiger partial charge in [-0.05, 0) is 52.4 Å². The van der Waals surface area contributed by atoms with Crippen LogP contribution in [0.25, 0.3) is 27.2 Å². The number of hydrogen-bond donors (Lipinski definition) is 0. The average molecular weight is 473 g/mol. The van der Waals surface area contributed by atoms with Crippen molar-refractivity contribution >= 4 is 28.3 Å². The highest BCUT2D eigenvalue weighted by Gasteiger charge is 2.18. The first kappa shape index (κ1) is 18.7. The summed E-state index contributed by atoms with van der Waals surface area (Å²) in [5.74, 6) is -1.20. The third-order valence-electron chi connectivity index (χ3n) is 3.89. The van der Waals surface area contributed by atoms with E-state index in [9.17, 15) is 14.0 Å². The van der Waals surface area contributed by atoms with Crippen LogP contribution < -0.4 is 4.74 Å². The van der Waals surface area contributed by atoms with Crippen molar-refractivity contribution in [2.75, 3.05) is 7.11 Å². The Labute approximate surface area is 168 Å². The second-order valence-corrected chi connectivity index (χ2v) is 6.56. The standard InChI is InChI=1S/C20H10F2IN3O/c1-25-16-5-3-12(8-14(16)21)20-19(13(10-24)9-18(23)26-20)11-4-6-17(27-2)15(22)7-11/h3-9H,2H3. The van der Waals surface area contributed by atoms with E-state index in [1.165, 1.54) is 31.4 Å². The molecule has 0 bridgehead atoms. The molecule has 1 heterocycles. The molecule has 0 atom stereocenters. The van der Waals surface area contributed by atoms with Crippen molar-refractivity contribution in [2.24, 2.45) is 0 Å². The minimum Gasteiger partial charge on any atom is -0.494 e. The second-order valence-electron chi connectivity index (χ2n) is 5.46. The van der Waals surface area contributed by atoms with Gasteiger partial charge in [0.25, 0.3) is 0 Å². The van der Waals surface area contributed by atoms with Crippen molar-refractivity contribution in [1.29, 1.82) is 5.26 Å². The van der Waals surface area contributed by atoms with Gasteiger partial charge in [0, 0.05) is 11.1 Å². The van der Waals surface area contributed by atoms with Crippen molar-refractivity contribution < 1.29 is 13.5 Å². The molecule has 132 valence electrons. The molecule has 0 N–H and O–H groups in total. The summed E-state index contributed by atoms with van der Waals surface area (Å²) in [6, 6.07) is 12.1. The van der Waals surface area contributed by atoms with Crippen molar-refractivity contribution in [3.05, 3.63) is 74.8 Å².